The third-order valence-corrected chi connectivity index (χ3v) is 3.51. The molecule has 0 atom stereocenters. The lowest BCUT2D eigenvalue weighted by molar-refractivity contribution is -0.297. The maximum absolute atomic E-state index is 11.6. The van der Waals surface area contributed by atoms with Crippen LogP contribution in [0, 0.1) is 13.8 Å². The van der Waals surface area contributed by atoms with Crippen LogP contribution in [-0.2, 0) is 14.3 Å². The second kappa shape index (κ2) is 6.14. The number of carbonyl (C=O) groups is 3. The summed E-state index contributed by atoms with van der Waals surface area (Å²) in [7, 11) is 1.25. The van der Waals surface area contributed by atoms with Gasteiger partial charge in [-0.15, -0.1) is 11.3 Å². The number of anilines is 1. The highest BCUT2D eigenvalue weighted by Gasteiger charge is 2.20. The number of carbonyl (C=O) groups excluding carboxylic acids is 3. The summed E-state index contributed by atoms with van der Waals surface area (Å²) in [5.41, 5.74) is 0.997. The Morgan fingerprint density at radius 2 is 1.89 bits per heavy atom. The standard InChI is InChI=1S/C12H13NO5S/c1-6-7(2)19-11(10(6)12(17)18-3)13-8(14)4-5-9(15)16/h4-5H,1-3H3,(H,13,14)(H,15,16)/p-1. The van der Waals surface area contributed by atoms with Crippen molar-refractivity contribution in [3.63, 3.8) is 0 Å². The number of rotatable bonds is 4. The van der Waals surface area contributed by atoms with Crippen molar-refractivity contribution in [3.05, 3.63) is 28.2 Å². The lowest BCUT2D eigenvalue weighted by Crippen LogP contribution is -2.20. The van der Waals surface area contributed by atoms with Gasteiger partial charge in [-0.2, -0.15) is 0 Å². The van der Waals surface area contributed by atoms with Crippen molar-refractivity contribution in [3.8, 4) is 0 Å². The molecule has 0 aliphatic rings. The third-order valence-electron chi connectivity index (χ3n) is 2.38. The summed E-state index contributed by atoms with van der Waals surface area (Å²) in [6.45, 7) is 3.55. The lowest BCUT2D eigenvalue weighted by atomic mass is 10.1. The minimum Gasteiger partial charge on any atom is -0.545 e. The van der Waals surface area contributed by atoms with E-state index in [1.54, 1.807) is 13.8 Å². The van der Waals surface area contributed by atoms with Crippen LogP contribution >= 0.6 is 11.3 Å². The largest absolute Gasteiger partial charge is 0.545 e. The first-order valence-corrected chi connectivity index (χ1v) is 6.06. The number of carboxylic acid groups (broad SMARTS) is 1. The highest BCUT2D eigenvalue weighted by molar-refractivity contribution is 7.16. The van der Waals surface area contributed by atoms with Crippen molar-refractivity contribution >= 4 is 34.2 Å². The topological polar surface area (TPSA) is 95.5 Å². The summed E-state index contributed by atoms with van der Waals surface area (Å²) in [5.74, 6) is -2.68. The molecular formula is C12H12NO5S-. The van der Waals surface area contributed by atoms with Crippen molar-refractivity contribution in [1.29, 1.82) is 0 Å². The van der Waals surface area contributed by atoms with Gasteiger partial charge in [0.1, 0.15) is 5.00 Å². The first-order chi connectivity index (χ1) is 8.86. The molecule has 0 spiro atoms. The van der Waals surface area contributed by atoms with E-state index in [9.17, 15) is 19.5 Å². The van der Waals surface area contributed by atoms with E-state index < -0.39 is 17.8 Å². The molecule has 1 heterocycles. The zero-order valence-electron chi connectivity index (χ0n) is 10.6. The normalized spacial score (nSPS) is 10.5. The van der Waals surface area contributed by atoms with Gasteiger partial charge in [0.25, 0.3) is 0 Å². The van der Waals surface area contributed by atoms with Gasteiger partial charge in [-0.25, -0.2) is 4.79 Å². The van der Waals surface area contributed by atoms with Crippen LogP contribution in [0.1, 0.15) is 20.8 Å². The Balaban J connectivity index is 3.02. The quantitative estimate of drug-likeness (QED) is 0.637. The van der Waals surface area contributed by atoms with Crippen molar-refractivity contribution in [1.82, 2.24) is 0 Å². The number of thiophene rings is 1. The van der Waals surface area contributed by atoms with Gasteiger partial charge < -0.3 is 20.0 Å². The number of hydrogen-bond donors (Lipinski definition) is 1. The SMILES string of the molecule is COC(=O)c1c(NC(=O)C=CC(=O)[O-])sc(C)c1C. The van der Waals surface area contributed by atoms with Gasteiger partial charge in [0.15, 0.2) is 0 Å². The smallest absolute Gasteiger partial charge is 0.341 e. The minimum atomic E-state index is -1.47. The Kier molecular flexibility index (Phi) is 4.82. The Hall–Kier alpha value is -2.15. The van der Waals surface area contributed by atoms with E-state index in [0.717, 1.165) is 16.5 Å². The first-order valence-electron chi connectivity index (χ1n) is 5.25. The van der Waals surface area contributed by atoms with E-state index in [1.165, 1.54) is 18.4 Å². The summed E-state index contributed by atoms with van der Waals surface area (Å²) < 4.78 is 4.65. The van der Waals surface area contributed by atoms with Crippen molar-refractivity contribution in [2.75, 3.05) is 12.4 Å². The summed E-state index contributed by atoms with van der Waals surface area (Å²) in [6.07, 6.45) is 1.43. The Morgan fingerprint density at radius 1 is 1.26 bits per heavy atom. The molecule has 0 radical (unpaired) electrons. The molecule has 7 heteroatoms. The van der Waals surface area contributed by atoms with E-state index in [0.29, 0.717) is 11.1 Å². The van der Waals surface area contributed by atoms with Gasteiger partial charge in [0.05, 0.1) is 18.6 Å². The molecule has 6 nitrogen and oxygen atoms in total. The van der Waals surface area contributed by atoms with E-state index in [-0.39, 0.29) is 5.56 Å². The number of ether oxygens (including phenoxy) is 1. The Morgan fingerprint density at radius 3 is 2.42 bits per heavy atom. The molecule has 0 aliphatic carbocycles. The fourth-order valence-electron chi connectivity index (χ4n) is 1.36. The van der Waals surface area contributed by atoms with Gasteiger partial charge in [0.2, 0.25) is 5.91 Å². The lowest BCUT2D eigenvalue weighted by Gasteiger charge is -2.04. The van der Waals surface area contributed by atoms with Gasteiger partial charge in [-0.05, 0) is 25.5 Å². The zero-order valence-corrected chi connectivity index (χ0v) is 11.4. The average Bonchev–Trinajstić information content (AvgIpc) is 2.61. The van der Waals surface area contributed by atoms with Crippen LogP contribution in [0.2, 0.25) is 0 Å². The van der Waals surface area contributed by atoms with E-state index in [2.05, 4.69) is 10.1 Å². The fourth-order valence-corrected chi connectivity index (χ4v) is 2.41. The molecule has 0 bridgehead atoms. The molecule has 0 unspecified atom stereocenters. The molecule has 0 saturated heterocycles. The number of carboxylic acids is 1. The first kappa shape index (κ1) is 14.9. The number of aryl methyl sites for hydroxylation is 1. The van der Waals surface area contributed by atoms with Crippen LogP contribution in [0.15, 0.2) is 12.2 Å². The van der Waals surface area contributed by atoms with Crippen LogP contribution in [-0.4, -0.2) is 25.0 Å². The minimum absolute atomic E-state index is 0.278. The molecule has 0 aromatic carbocycles. The summed E-state index contributed by atoms with van der Waals surface area (Å²) in [6, 6.07) is 0. The highest BCUT2D eigenvalue weighted by Crippen LogP contribution is 2.32. The zero-order chi connectivity index (χ0) is 14.6. The predicted molar refractivity (Wildman–Crippen MR) is 67.9 cm³/mol. The Bertz CT molecular complexity index is 559. The molecule has 1 rings (SSSR count). The van der Waals surface area contributed by atoms with Crippen LogP contribution in [0.5, 0.6) is 0 Å². The maximum atomic E-state index is 11.6. The third kappa shape index (κ3) is 3.65. The molecular weight excluding hydrogens is 270 g/mol. The molecule has 1 amide bonds. The number of amides is 1. The summed E-state index contributed by atoms with van der Waals surface area (Å²) in [4.78, 5) is 34.1. The number of aliphatic carboxylic acids is 1. The predicted octanol–water partition coefficient (Wildman–Crippen LogP) is 0.396. The van der Waals surface area contributed by atoms with Crippen LogP contribution < -0.4 is 10.4 Å². The van der Waals surface area contributed by atoms with Crippen LogP contribution in [0.3, 0.4) is 0 Å². The maximum Gasteiger partial charge on any atom is 0.341 e. The van der Waals surface area contributed by atoms with Crippen LogP contribution in [0.4, 0.5) is 5.00 Å². The number of nitrogens with one attached hydrogen (secondary N) is 1. The number of methoxy groups -OCH3 is 1. The fraction of sp³-hybridized carbons (Fsp3) is 0.250. The van der Waals surface area contributed by atoms with Crippen molar-refractivity contribution in [2.45, 2.75) is 13.8 Å². The highest BCUT2D eigenvalue weighted by atomic mass is 32.1. The van der Waals surface area contributed by atoms with E-state index in [4.69, 9.17) is 0 Å². The number of hydrogen-bond acceptors (Lipinski definition) is 6. The molecule has 0 aliphatic heterocycles. The molecule has 102 valence electrons. The average molecular weight is 282 g/mol. The molecule has 1 aromatic rings. The molecule has 1 N–H and O–H groups in total. The second-order valence-corrected chi connectivity index (χ2v) is 4.85. The van der Waals surface area contributed by atoms with Gasteiger partial charge in [0, 0.05) is 11.0 Å². The van der Waals surface area contributed by atoms with E-state index >= 15 is 0 Å². The molecule has 1 aromatic heterocycles. The number of esters is 1. The molecule has 0 saturated carbocycles. The Labute approximate surface area is 113 Å². The van der Waals surface area contributed by atoms with Gasteiger partial charge >= 0.3 is 5.97 Å². The monoisotopic (exact) mass is 282 g/mol. The molecule has 19 heavy (non-hydrogen) atoms. The summed E-state index contributed by atoms with van der Waals surface area (Å²) >= 11 is 1.22. The summed E-state index contributed by atoms with van der Waals surface area (Å²) in [5, 5.41) is 13.0. The van der Waals surface area contributed by atoms with E-state index in [1.807, 2.05) is 0 Å². The van der Waals surface area contributed by atoms with Crippen molar-refractivity contribution in [2.24, 2.45) is 0 Å². The van der Waals surface area contributed by atoms with Crippen molar-refractivity contribution < 1.29 is 24.2 Å². The second-order valence-electron chi connectivity index (χ2n) is 3.62. The van der Waals surface area contributed by atoms with Gasteiger partial charge in [-0.1, -0.05) is 0 Å². The van der Waals surface area contributed by atoms with Gasteiger partial charge in [-0.3, -0.25) is 4.79 Å². The molecule has 0 fully saturated rings. The van der Waals surface area contributed by atoms with Crippen LogP contribution in [0.25, 0.3) is 0 Å².